The van der Waals surface area contributed by atoms with Gasteiger partial charge in [-0.3, -0.25) is 4.98 Å². The number of hydrogen-bond donors (Lipinski definition) is 1. The fourth-order valence-corrected chi connectivity index (χ4v) is 2.21. The number of ether oxygens (including phenoxy) is 1. The van der Waals surface area contributed by atoms with Gasteiger partial charge in [0.2, 0.25) is 0 Å². The Morgan fingerprint density at radius 3 is 3.31 bits per heavy atom. The van der Waals surface area contributed by atoms with E-state index in [-0.39, 0.29) is 0 Å². The molecule has 1 aliphatic rings. The predicted octanol–water partition coefficient (Wildman–Crippen LogP) is 1.16. The van der Waals surface area contributed by atoms with Crippen molar-refractivity contribution in [3.63, 3.8) is 0 Å². The van der Waals surface area contributed by atoms with Crippen molar-refractivity contribution in [2.45, 2.75) is 6.04 Å². The van der Waals surface area contributed by atoms with Crippen molar-refractivity contribution in [2.24, 2.45) is 0 Å². The van der Waals surface area contributed by atoms with Crippen LogP contribution in [0.1, 0.15) is 0 Å². The molecule has 1 aromatic rings. The van der Waals surface area contributed by atoms with E-state index in [1.807, 2.05) is 13.1 Å². The number of morpholine rings is 1. The summed E-state index contributed by atoms with van der Waals surface area (Å²) in [7, 11) is 1.95. The molecule has 1 aliphatic heterocycles. The molecule has 0 aliphatic carbocycles. The smallest absolute Gasteiger partial charge is 0.0822 e. The Morgan fingerprint density at radius 1 is 1.69 bits per heavy atom. The number of likely N-dealkylation sites (N-methyl/N-ethyl adjacent to an activating group) is 1. The number of nitrogens with zero attached hydrogens (tertiary/aromatic N) is 2. The first kappa shape index (κ1) is 11.6. The SMILES string of the molecule is CNCC1COCCN1c1ccncc1Cl. The van der Waals surface area contributed by atoms with Crippen LogP contribution in [0.2, 0.25) is 5.02 Å². The van der Waals surface area contributed by atoms with Gasteiger partial charge in [-0.1, -0.05) is 11.6 Å². The van der Waals surface area contributed by atoms with E-state index in [0.717, 1.165) is 32.0 Å². The van der Waals surface area contributed by atoms with Gasteiger partial charge in [0.1, 0.15) is 0 Å². The lowest BCUT2D eigenvalue weighted by atomic mass is 10.2. The fraction of sp³-hybridized carbons (Fsp3) is 0.545. The average Bonchev–Trinajstić information content (AvgIpc) is 2.31. The zero-order chi connectivity index (χ0) is 11.4. The van der Waals surface area contributed by atoms with E-state index in [1.54, 1.807) is 12.4 Å². The molecule has 1 fully saturated rings. The molecule has 1 N–H and O–H groups in total. The van der Waals surface area contributed by atoms with Crippen molar-refractivity contribution in [1.82, 2.24) is 10.3 Å². The van der Waals surface area contributed by atoms with E-state index in [2.05, 4.69) is 15.2 Å². The standard InChI is InChI=1S/C11H16ClN3O/c1-13-6-9-8-16-5-4-15(9)11-2-3-14-7-10(11)12/h2-3,7,9,13H,4-6,8H2,1H3. The maximum Gasteiger partial charge on any atom is 0.0822 e. The lowest BCUT2D eigenvalue weighted by Gasteiger charge is -2.37. The summed E-state index contributed by atoms with van der Waals surface area (Å²) in [6.07, 6.45) is 3.45. The minimum Gasteiger partial charge on any atom is -0.377 e. The number of halogens is 1. The van der Waals surface area contributed by atoms with Gasteiger partial charge in [-0.05, 0) is 13.1 Å². The van der Waals surface area contributed by atoms with Crippen LogP contribution < -0.4 is 10.2 Å². The molecule has 1 atom stereocenters. The van der Waals surface area contributed by atoms with Gasteiger partial charge in [-0.25, -0.2) is 0 Å². The Morgan fingerprint density at radius 2 is 2.56 bits per heavy atom. The minimum atomic E-state index is 0.332. The third kappa shape index (κ3) is 2.45. The Bertz CT molecular complexity index is 346. The molecule has 1 unspecified atom stereocenters. The van der Waals surface area contributed by atoms with E-state index in [9.17, 15) is 0 Å². The molecule has 1 saturated heterocycles. The molecule has 0 saturated carbocycles. The number of anilines is 1. The van der Waals surface area contributed by atoms with Crippen LogP contribution in [0, 0.1) is 0 Å². The largest absolute Gasteiger partial charge is 0.377 e. The summed E-state index contributed by atoms with van der Waals surface area (Å²) in [5.41, 5.74) is 1.04. The Labute approximate surface area is 101 Å². The van der Waals surface area contributed by atoms with Gasteiger partial charge in [0.15, 0.2) is 0 Å². The van der Waals surface area contributed by atoms with Crippen molar-refractivity contribution in [3.8, 4) is 0 Å². The fourth-order valence-electron chi connectivity index (χ4n) is 1.98. The number of pyridine rings is 1. The highest BCUT2D eigenvalue weighted by Gasteiger charge is 2.23. The Balaban J connectivity index is 2.19. The summed E-state index contributed by atoms with van der Waals surface area (Å²) in [5, 5.41) is 3.88. The third-order valence-electron chi connectivity index (χ3n) is 2.73. The summed E-state index contributed by atoms with van der Waals surface area (Å²) in [6, 6.07) is 2.29. The van der Waals surface area contributed by atoms with Crippen LogP contribution in [-0.4, -0.2) is 44.4 Å². The zero-order valence-corrected chi connectivity index (χ0v) is 10.1. The van der Waals surface area contributed by atoms with Crippen molar-refractivity contribution in [3.05, 3.63) is 23.5 Å². The van der Waals surface area contributed by atoms with E-state index < -0.39 is 0 Å². The molecular formula is C11H16ClN3O. The molecule has 5 heteroatoms. The highest BCUT2D eigenvalue weighted by atomic mass is 35.5. The van der Waals surface area contributed by atoms with Crippen LogP contribution in [-0.2, 0) is 4.74 Å². The highest BCUT2D eigenvalue weighted by Crippen LogP contribution is 2.26. The lowest BCUT2D eigenvalue weighted by molar-refractivity contribution is 0.0943. The molecule has 1 aromatic heterocycles. The van der Waals surface area contributed by atoms with Gasteiger partial charge in [0, 0.05) is 25.5 Å². The molecule has 0 bridgehead atoms. The van der Waals surface area contributed by atoms with Crippen molar-refractivity contribution in [2.75, 3.05) is 38.3 Å². The molecule has 0 aromatic carbocycles. The van der Waals surface area contributed by atoms with E-state index in [0.29, 0.717) is 11.1 Å². The van der Waals surface area contributed by atoms with Gasteiger partial charge in [-0.2, -0.15) is 0 Å². The van der Waals surface area contributed by atoms with Crippen molar-refractivity contribution in [1.29, 1.82) is 0 Å². The van der Waals surface area contributed by atoms with Crippen LogP contribution in [0.25, 0.3) is 0 Å². The summed E-state index contributed by atoms with van der Waals surface area (Å²) in [6.45, 7) is 3.24. The van der Waals surface area contributed by atoms with Crippen LogP contribution >= 0.6 is 11.6 Å². The highest BCUT2D eigenvalue weighted by molar-refractivity contribution is 6.33. The van der Waals surface area contributed by atoms with E-state index in [1.165, 1.54) is 0 Å². The number of aromatic nitrogens is 1. The molecule has 2 rings (SSSR count). The van der Waals surface area contributed by atoms with Crippen LogP contribution in [0.4, 0.5) is 5.69 Å². The van der Waals surface area contributed by atoms with E-state index >= 15 is 0 Å². The molecule has 0 amide bonds. The quantitative estimate of drug-likeness (QED) is 0.862. The first-order chi connectivity index (χ1) is 7.83. The summed E-state index contributed by atoms with van der Waals surface area (Å²) < 4.78 is 5.49. The summed E-state index contributed by atoms with van der Waals surface area (Å²) in [4.78, 5) is 6.29. The van der Waals surface area contributed by atoms with Crippen LogP contribution in [0.5, 0.6) is 0 Å². The second kappa shape index (κ2) is 5.48. The second-order valence-corrected chi connectivity index (χ2v) is 4.21. The van der Waals surface area contributed by atoms with Gasteiger partial charge in [0.05, 0.1) is 30.0 Å². The zero-order valence-electron chi connectivity index (χ0n) is 9.32. The Hall–Kier alpha value is -0.840. The molecule has 88 valence electrons. The topological polar surface area (TPSA) is 37.4 Å². The first-order valence-electron chi connectivity index (χ1n) is 5.41. The molecule has 2 heterocycles. The van der Waals surface area contributed by atoms with Gasteiger partial charge in [0.25, 0.3) is 0 Å². The summed E-state index contributed by atoms with van der Waals surface area (Å²) >= 11 is 6.16. The normalized spacial score (nSPS) is 21.1. The Kier molecular flexibility index (Phi) is 3.98. The molecule has 0 spiro atoms. The number of nitrogens with one attached hydrogen (secondary N) is 1. The number of rotatable bonds is 3. The minimum absolute atomic E-state index is 0.332. The molecule has 16 heavy (non-hydrogen) atoms. The number of hydrogen-bond acceptors (Lipinski definition) is 4. The molecular weight excluding hydrogens is 226 g/mol. The average molecular weight is 242 g/mol. The van der Waals surface area contributed by atoms with Crippen LogP contribution in [0.15, 0.2) is 18.5 Å². The van der Waals surface area contributed by atoms with Crippen molar-refractivity contribution >= 4 is 17.3 Å². The monoisotopic (exact) mass is 241 g/mol. The van der Waals surface area contributed by atoms with Gasteiger partial charge in [-0.15, -0.1) is 0 Å². The van der Waals surface area contributed by atoms with Gasteiger partial charge >= 0.3 is 0 Å². The predicted molar refractivity (Wildman–Crippen MR) is 65.1 cm³/mol. The van der Waals surface area contributed by atoms with Crippen LogP contribution in [0.3, 0.4) is 0 Å². The molecule has 4 nitrogen and oxygen atoms in total. The van der Waals surface area contributed by atoms with E-state index in [4.69, 9.17) is 16.3 Å². The van der Waals surface area contributed by atoms with Crippen molar-refractivity contribution < 1.29 is 4.74 Å². The maximum absolute atomic E-state index is 6.16. The second-order valence-electron chi connectivity index (χ2n) is 3.81. The molecule has 0 radical (unpaired) electrons. The lowest BCUT2D eigenvalue weighted by Crippen LogP contribution is -2.50. The first-order valence-corrected chi connectivity index (χ1v) is 5.79. The van der Waals surface area contributed by atoms with Gasteiger partial charge < -0.3 is 15.0 Å². The third-order valence-corrected chi connectivity index (χ3v) is 3.02. The summed E-state index contributed by atoms with van der Waals surface area (Å²) in [5.74, 6) is 0. The maximum atomic E-state index is 6.16.